The first-order chi connectivity index (χ1) is 23.6. The first-order valence-electron chi connectivity index (χ1n) is 15.4. The molecule has 5 atom stereocenters. The van der Waals surface area contributed by atoms with Crippen LogP contribution in [-0.2, 0) is 9.84 Å². The number of aromatic nitrogens is 4. The fourth-order valence-electron chi connectivity index (χ4n) is 5.95. The lowest BCUT2D eigenvalue weighted by atomic mass is 10.1. The number of hydrogen-bond acceptors (Lipinski definition) is 12. The Labute approximate surface area is 288 Å². The minimum absolute atomic E-state index is 0.0552. The van der Waals surface area contributed by atoms with Crippen LogP contribution in [0.2, 0.25) is 0 Å². The fourth-order valence-corrected chi connectivity index (χ4v) is 8.70. The Morgan fingerprint density at radius 1 is 0.980 bits per heavy atom. The Kier molecular flexibility index (Phi) is 9.69. The minimum atomic E-state index is -4.82. The van der Waals surface area contributed by atoms with E-state index in [1.165, 1.54) is 35.6 Å². The van der Waals surface area contributed by atoms with Crippen molar-refractivity contribution < 1.29 is 40.9 Å². The molecule has 0 amide bonds. The molecule has 4 N–H and O–H groups in total. The first-order valence-corrected chi connectivity index (χ1v) is 17.9. The second kappa shape index (κ2) is 13.7. The molecule has 5 aromatic rings. The van der Waals surface area contributed by atoms with E-state index in [9.17, 15) is 36.2 Å². The predicted molar refractivity (Wildman–Crippen MR) is 179 cm³/mol. The molecule has 0 bridgehead atoms. The Morgan fingerprint density at radius 2 is 1.68 bits per heavy atom. The van der Waals surface area contributed by atoms with Crippen molar-refractivity contribution in [2.75, 3.05) is 16.4 Å². The molecule has 0 saturated heterocycles. The average Bonchev–Trinajstić information content (AvgIpc) is 3.58. The van der Waals surface area contributed by atoms with Crippen LogP contribution in [0.3, 0.4) is 0 Å². The van der Waals surface area contributed by atoms with Gasteiger partial charge in [0.25, 0.3) is 0 Å². The van der Waals surface area contributed by atoms with Crippen LogP contribution >= 0.6 is 11.3 Å². The number of thiazole rings is 1. The number of aliphatic hydroxyl groups excluding tert-OH is 2. The van der Waals surface area contributed by atoms with Crippen molar-refractivity contribution in [2.24, 2.45) is 5.92 Å². The van der Waals surface area contributed by atoms with Crippen LogP contribution in [0.15, 0.2) is 65.7 Å². The van der Waals surface area contributed by atoms with Gasteiger partial charge in [-0.15, -0.1) is 24.5 Å². The van der Waals surface area contributed by atoms with Crippen molar-refractivity contribution >= 4 is 43.2 Å². The lowest BCUT2D eigenvalue weighted by molar-refractivity contribution is -0.274. The predicted octanol–water partition coefficient (Wildman–Crippen LogP) is 5.97. The van der Waals surface area contributed by atoms with Crippen LogP contribution in [0.1, 0.15) is 36.3 Å². The number of anilines is 2. The molecule has 3 aromatic heterocycles. The standard InChI is InChI=1S/C33H32F4N6O5S2/c1-16(19-4-8-22(9-5-19)48-33(35,36)37)39-32-40-17(2)26(31-42-27-18(3)38-13-12-25(27)49-31)30(43-32)41-24-14-20(28(44)29(24)45)15-50(46,47)23-10-6-21(34)7-11-23/h4-13,16,20,24,28-29,44-45H,14-15H2,1-3H3,(H2,39,40,41,43)/t16-,20-,24?,28-,29+/m1/s1. The molecule has 1 fully saturated rings. The number of ether oxygens (including phenoxy) is 1. The summed E-state index contributed by atoms with van der Waals surface area (Å²) in [5.74, 6) is -1.88. The van der Waals surface area contributed by atoms with Crippen LogP contribution < -0.4 is 15.4 Å². The van der Waals surface area contributed by atoms with Crippen LogP contribution in [-0.4, -0.2) is 68.9 Å². The summed E-state index contributed by atoms with van der Waals surface area (Å²) < 4.78 is 82.4. The molecule has 17 heteroatoms. The highest BCUT2D eigenvalue weighted by atomic mass is 32.2. The van der Waals surface area contributed by atoms with Crippen LogP contribution in [0.5, 0.6) is 5.75 Å². The number of aliphatic hydroxyl groups is 2. The van der Waals surface area contributed by atoms with Crippen molar-refractivity contribution in [3.8, 4) is 16.3 Å². The van der Waals surface area contributed by atoms with Gasteiger partial charge in [0.15, 0.2) is 9.84 Å². The number of alkyl halides is 3. The molecule has 3 heterocycles. The Bertz CT molecular complexity index is 2110. The Balaban J connectivity index is 1.30. The van der Waals surface area contributed by atoms with Crippen molar-refractivity contribution in [3.63, 3.8) is 0 Å². The van der Waals surface area contributed by atoms with Gasteiger partial charge < -0.3 is 25.6 Å². The summed E-state index contributed by atoms with van der Waals surface area (Å²) >= 11 is 1.38. The smallest absolute Gasteiger partial charge is 0.406 e. The van der Waals surface area contributed by atoms with Gasteiger partial charge in [0.05, 0.1) is 50.5 Å². The van der Waals surface area contributed by atoms with E-state index in [1.807, 2.05) is 13.0 Å². The molecule has 6 rings (SSSR count). The van der Waals surface area contributed by atoms with Crippen molar-refractivity contribution in [1.29, 1.82) is 0 Å². The fraction of sp³-hybridized carbons (Fsp3) is 0.333. The van der Waals surface area contributed by atoms with Gasteiger partial charge in [-0.2, -0.15) is 4.98 Å². The van der Waals surface area contributed by atoms with Crippen molar-refractivity contribution in [2.45, 2.75) is 62.7 Å². The third kappa shape index (κ3) is 7.65. The Morgan fingerprint density at radius 3 is 2.34 bits per heavy atom. The normalized spacial score (nSPS) is 20.2. The number of fused-ring (bicyclic) bond motifs is 1. The number of hydrogen-bond donors (Lipinski definition) is 4. The zero-order chi connectivity index (χ0) is 36.0. The quantitative estimate of drug-likeness (QED) is 0.0990. The molecule has 1 saturated carbocycles. The zero-order valence-electron chi connectivity index (χ0n) is 26.8. The lowest BCUT2D eigenvalue weighted by Gasteiger charge is -2.22. The van der Waals surface area contributed by atoms with Gasteiger partial charge in [-0.1, -0.05) is 12.1 Å². The monoisotopic (exact) mass is 732 g/mol. The number of pyridine rings is 1. The van der Waals surface area contributed by atoms with Gasteiger partial charge >= 0.3 is 6.36 Å². The summed E-state index contributed by atoms with van der Waals surface area (Å²) in [6, 6.07) is 10.3. The van der Waals surface area contributed by atoms with E-state index < -0.39 is 58.0 Å². The lowest BCUT2D eigenvalue weighted by Crippen LogP contribution is -2.36. The number of halogens is 4. The zero-order valence-corrected chi connectivity index (χ0v) is 28.4. The van der Waals surface area contributed by atoms with E-state index in [1.54, 1.807) is 20.0 Å². The molecule has 11 nitrogen and oxygen atoms in total. The van der Waals surface area contributed by atoms with Crippen molar-refractivity contribution in [3.05, 3.63) is 83.6 Å². The van der Waals surface area contributed by atoms with Gasteiger partial charge in [0, 0.05) is 12.1 Å². The minimum Gasteiger partial charge on any atom is -0.406 e. The third-order valence-corrected chi connectivity index (χ3v) is 11.4. The molecule has 1 aliphatic carbocycles. The van der Waals surface area contributed by atoms with Crippen molar-refractivity contribution in [1.82, 2.24) is 19.9 Å². The number of aryl methyl sites for hydroxylation is 2. The first kappa shape index (κ1) is 35.4. The summed E-state index contributed by atoms with van der Waals surface area (Å²) in [5.41, 5.74) is 3.04. The van der Waals surface area contributed by atoms with E-state index in [-0.39, 0.29) is 28.8 Å². The highest BCUT2D eigenvalue weighted by Crippen LogP contribution is 2.39. The molecule has 264 valence electrons. The highest BCUT2D eigenvalue weighted by Gasteiger charge is 2.44. The topological polar surface area (TPSA) is 159 Å². The molecule has 1 aliphatic rings. The van der Waals surface area contributed by atoms with E-state index in [2.05, 4.69) is 25.3 Å². The SMILES string of the molecule is Cc1nc(N[C@H](C)c2ccc(OC(F)(F)F)cc2)nc(NC2C[C@H](CS(=O)(=O)c3ccc(F)cc3)[C@@H](O)[C@H]2O)c1-c1nc2c(C)nccc2s1. The number of nitrogens with zero attached hydrogens (tertiary/aromatic N) is 4. The summed E-state index contributed by atoms with van der Waals surface area (Å²) in [5, 5.41) is 29.0. The van der Waals surface area contributed by atoms with Gasteiger partial charge in [0.1, 0.15) is 34.0 Å². The molecule has 1 unspecified atom stereocenters. The molecular formula is C33H32F4N6O5S2. The maximum Gasteiger partial charge on any atom is 0.573 e. The maximum absolute atomic E-state index is 13.4. The maximum atomic E-state index is 13.4. The van der Waals surface area contributed by atoms with E-state index in [4.69, 9.17) is 9.97 Å². The van der Waals surface area contributed by atoms with Gasteiger partial charge in [-0.25, -0.2) is 22.8 Å². The second-order valence-corrected chi connectivity index (χ2v) is 15.1. The average molecular weight is 733 g/mol. The van der Waals surface area contributed by atoms with Gasteiger partial charge in [-0.05, 0) is 75.2 Å². The van der Waals surface area contributed by atoms with Gasteiger partial charge in [0.2, 0.25) is 5.95 Å². The third-order valence-electron chi connectivity index (χ3n) is 8.48. The summed E-state index contributed by atoms with van der Waals surface area (Å²) in [6.07, 6.45) is -5.86. The highest BCUT2D eigenvalue weighted by molar-refractivity contribution is 7.91. The number of benzene rings is 2. The number of rotatable bonds is 10. The molecule has 2 aromatic carbocycles. The van der Waals surface area contributed by atoms with Crippen LogP contribution in [0.25, 0.3) is 20.8 Å². The number of nitrogens with one attached hydrogen (secondary N) is 2. The summed E-state index contributed by atoms with van der Waals surface area (Å²) in [7, 11) is -3.93. The van der Waals surface area contributed by atoms with E-state index >= 15 is 0 Å². The molecule has 0 spiro atoms. The van der Waals surface area contributed by atoms with Gasteiger partial charge in [-0.3, -0.25) is 4.98 Å². The summed E-state index contributed by atoms with van der Waals surface area (Å²) in [6.45, 7) is 5.35. The van der Waals surface area contributed by atoms with Crippen LogP contribution in [0, 0.1) is 25.6 Å². The van der Waals surface area contributed by atoms with E-state index in [0.717, 1.165) is 34.7 Å². The molecule has 0 aliphatic heterocycles. The number of sulfone groups is 1. The molecule has 50 heavy (non-hydrogen) atoms. The van der Waals surface area contributed by atoms with E-state index in [0.29, 0.717) is 27.3 Å². The summed E-state index contributed by atoms with van der Waals surface area (Å²) in [4.78, 5) is 18.4. The molecular weight excluding hydrogens is 701 g/mol. The Hall–Kier alpha value is -4.45. The molecule has 0 radical (unpaired) electrons. The van der Waals surface area contributed by atoms with Crippen LogP contribution in [0.4, 0.5) is 29.3 Å². The second-order valence-electron chi connectivity index (χ2n) is 12.1. The largest absolute Gasteiger partial charge is 0.573 e.